The molecule has 0 bridgehead atoms. The van der Waals surface area contributed by atoms with Crippen molar-refractivity contribution in [2.45, 2.75) is 39.0 Å². The van der Waals surface area contributed by atoms with Gasteiger partial charge in [-0.05, 0) is 30.7 Å². The van der Waals surface area contributed by atoms with Gasteiger partial charge in [0, 0.05) is 38.4 Å². The maximum Gasteiger partial charge on any atom is 0.340 e. The summed E-state index contributed by atoms with van der Waals surface area (Å²) in [6.07, 6.45) is 3.63. The molecule has 3 rings (SSSR count). The van der Waals surface area contributed by atoms with Crippen molar-refractivity contribution < 1.29 is 14.4 Å². The highest BCUT2D eigenvalue weighted by Gasteiger charge is 2.30. The first-order valence-electron chi connectivity index (χ1n) is 10.2. The van der Waals surface area contributed by atoms with Gasteiger partial charge in [-0.25, -0.2) is 9.80 Å². The molecule has 0 saturated carbocycles. The summed E-state index contributed by atoms with van der Waals surface area (Å²) < 4.78 is 0. The van der Waals surface area contributed by atoms with E-state index in [2.05, 4.69) is 10.6 Å². The van der Waals surface area contributed by atoms with Crippen LogP contribution in [-0.4, -0.2) is 47.5 Å². The monoisotopic (exact) mass is 396 g/mol. The van der Waals surface area contributed by atoms with Crippen LogP contribution in [0.3, 0.4) is 0 Å². The molecule has 0 spiro atoms. The first-order chi connectivity index (χ1) is 14.1. The van der Waals surface area contributed by atoms with E-state index in [1.165, 1.54) is 11.9 Å². The SMILES string of the molecule is CC(=O)NCCCCCC(=O)N1CCCN1C(=O)Nc1cccc2ccccc12. The Balaban J connectivity index is 1.53. The zero-order chi connectivity index (χ0) is 20.6. The van der Waals surface area contributed by atoms with Crippen molar-refractivity contribution in [1.82, 2.24) is 15.3 Å². The van der Waals surface area contributed by atoms with Gasteiger partial charge in [-0.15, -0.1) is 0 Å². The average molecular weight is 396 g/mol. The number of benzene rings is 2. The van der Waals surface area contributed by atoms with Crippen molar-refractivity contribution in [2.75, 3.05) is 25.0 Å². The lowest BCUT2D eigenvalue weighted by atomic mass is 10.1. The van der Waals surface area contributed by atoms with Crippen LogP contribution in [0.4, 0.5) is 10.5 Å². The fraction of sp³-hybridized carbons (Fsp3) is 0.409. The number of anilines is 1. The average Bonchev–Trinajstić information content (AvgIpc) is 3.21. The molecule has 2 aromatic carbocycles. The lowest BCUT2D eigenvalue weighted by molar-refractivity contribution is -0.140. The van der Waals surface area contributed by atoms with Gasteiger partial charge in [0.15, 0.2) is 0 Å². The van der Waals surface area contributed by atoms with Gasteiger partial charge in [0.2, 0.25) is 11.8 Å². The second kappa shape index (κ2) is 9.91. The molecule has 154 valence electrons. The fourth-order valence-electron chi connectivity index (χ4n) is 3.57. The van der Waals surface area contributed by atoms with E-state index in [0.29, 0.717) is 26.1 Å². The molecule has 7 heteroatoms. The molecule has 0 aliphatic carbocycles. The molecule has 4 amide bonds. The first kappa shape index (κ1) is 20.6. The van der Waals surface area contributed by atoms with Gasteiger partial charge >= 0.3 is 6.03 Å². The van der Waals surface area contributed by atoms with Crippen molar-refractivity contribution in [3.63, 3.8) is 0 Å². The van der Waals surface area contributed by atoms with Crippen molar-refractivity contribution in [3.8, 4) is 0 Å². The maximum atomic E-state index is 12.8. The molecule has 0 aromatic heterocycles. The molecule has 1 fully saturated rings. The quantitative estimate of drug-likeness (QED) is 0.703. The van der Waals surface area contributed by atoms with Gasteiger partial charge in [-0.2, -0.15) is 0 Å². The standard InChI is InChI=1S/C22H28N4O3/c1-17(27)23-14-6-2-3-13-21(28)25-15-8-16-26(25)22(29)24-20-12-7-10-18-9-4-5-11-19(18)20/h4-5,7,9-12H,2-3,6,8,13-16H2,1H3,(H,23,27)(H,24,29). The number of carbonyl (C=O) groups excluding carboxylic acids is 3. The van der Waals surface area contributed by atoms with E-state index in [9.17, 15) is 14.4 Å². The highest BCUT2D eigenvalue weighted by molar-refractivity contribution is 6.01. The van der Waals surface area contributed by atoms with E-state index in [1.807, 2.05) is 42.5 Å². The van der Waals surface area contributed by atoms with Gasteiger partial charge in [0.1, 0.15) is 0 Å². The Hall–Kier alpha value is -3.09. The number of nitrogens with one attached hydrogen (secondary N) is 2. The van der Waals surface area contributed by atoms with Gasteiger partial charge in [0.05, 0.1) is 5.69 Å². The van der Waals surface area contributed by atoms with Crippen LogP contribution in [0.1, 0.15) is 39.0 Å². The number of rotatable bonds is 7. The third-order valence-electron chi connectivity index (χ3n) is 5.03. The van der Waals surface area contributed by atoms with E-state index in [0.717, 1.165) is 42.1 Å². The summed E-state index contributed by atoms with van der Waals surface area (Å²) in [5, 5.41) is 10.8. The van der Waals surface area contributed by atoms with Gasteiger partial charge in [-0.3, -0.25) is 14.6 Å². The number of urea groups is 1. The molecule has 1 saturated heterocycles. The molecule has 1 aliphatic rings. The van der Waals surface area contributed by atoms with Crippen LogP contribution < -0.4 is 10.6 Å². The minimum Gasteiger partial charge on any atom is -0.356 e. The third kappa shape index (κ3) is 5.47. The third-order valence-corrected chi connectivity index (χ3v) is 5.03. The molecule has 0 atom stereocenters. The van der Waals surface area contributed by atoms with Crippen LogP contribution in [-0.2, 0) is 9.59 Å². The first-order valence-corrected chi connectivity index (χ1v) is 10.2. The predicted octanol–water partition coefficient (Wildman–Crippen LogP) is 3.52. The highest BCUT2D eigenvalue weighted by Crippen LogP contribution is 2.24. The number of amides is 4. The van der Waals surface area contributed by atoms with E-state index >= 15 is 0 Å². The van der Waals surface area contributed by atoms with Crippen molar-refractivity contribution in [1.29, 1.82) is 0 Å². The largest absolute Gasteiger partial charge is 0.356 e. The second-order valence-corrected chi connectivity index (χ2v) is 7.24. The summed E-state index contributed by atoms with van der Waals surface area (Å²) in [6.45, 7) is 3.22. The number of carbonyl (C=O) groups is 3. The second-order valence-electron chi connectivity index (χ2n) is 7.24. The van der Waals surface area contributed by atoms with E-state index in [1.54, 1.807) is 5.01 Å². The minimum absolute atomic E-state index is 0.0323. The number of hydrogen-bond donors (Lipinski definition) is 2. The summed E-state index contributed by atoms with van der Waals surface area (Å²) in [5.74, 6) is -0.0684. The summed E-state index contributed by atoms with van der Waals surface area (Å²) in [7, 11) is 0. The Bertz CT molecular complexity index is 878. The lowest BCUT2D eigenvalue weighted by Gasteiger charge is -2.28. The normalized spacial score (nSPS) is 13.6. The van der Waals surface area contributed by atoms with Crippen LogP contribution in [0.25, 0.3) is 10.8 Å². The number of hydrogen-bond acceptors (Lipinski definition) is 3. The molecule has 0 radical (unpaired) electrons. The smallest absolute Gasteiger partial charge is 0.340 e. The molecule has 2 N–H and O–H groups in total. The maximum absolute atomic E-state index is 12.8. The van der Waals surface area contributed by atoms with Crippen LogP contribution >= 0.6 is 0 Å². The number of nitrogens with zero attached hydrogens (tertiary/aromatic N) is 2. The minimum atomic E-state index is -0.280. The Morgan fingerprint density at radius 2 is 1.69 bits per heavy atom. The van der Waals surface area contributed by atoms with Gasteiger partial charge < -0.3 is 10.6 Å². The number of fused-ring (bicyclic) bond motifs is 1. The summed E-state index contributed by atoms with van der Waals surface area (Å²) >= 11 is 0. The predicted molar refractivity (Wildman–Crippen MR) is 113 cm³/mol. The Morgan fingerprint density at radius 1 is 0.931 bits per heavy atom. The van der Waals surface area contributed by atoms with Gasteiger partial charge in [0.25, 0.3) is 0 Å². The Kier molecular flexibility index (Phi) is 7.05. The molecule has 29 heavy (non-hydrogen) atoms. The van der Waals surface area contributed by atoms with E-state index in [4.69, 9.17) is 0 Å². The van der Waals surface area contributed by atoms with Crippen LogP contribution in [0.2, 0.25) is 0 Å². The zero-order valence-electron chi connectivity index (χ0n) is 16.8. The van der Waals surface area contributed by atoms with Crippen molar-refractivity contribution in [2.24, 2.45) is 0 Å². The van der Waals surface area contributed by atoms with Crippen LogP contribution in [0, 0.1) is 0 Å². The van der Waals surface area contributed by atoms with Gasteiger partial charge in [-0.1, -0.05) is 42.8 Å². The van der Waals surface area contributed by atoms with E-state index in [-0.39, 0.29) is 17.8 Å². The summed E-state index contributed by atoms with van der Waals surface area (Å²) in [6, 6.07) is 13.4. The molecular weight excluding hydrogens is 368 g/mol. The Labute approximate surface area is 171 Å². The summed E-state index contributed by atoms with van der Waals surface area (Å²) in [4.78, 5) is 36.3. The Morgan fingerprint density at radius 3 is 2.52 bits per heavy atom. The number of unbranched alkanes of at least 4 members (excludes halogenated alkanes) is 2. The zero-order valence-corrected chi connectivity index (χ0v) is 16.8. The summed E-state index contributed by atoms with van der Waals surface area (Å²) in [5.41, 5.74) is 0.741. The molecule has 2 aromatic rings. The fourth-order valence-corrected chi connectivity index (χ4v) is 3.57. The van der Waals surface area contributed by atoms with Crippen LogP contribution in [0.5, 0.6) is 0 Å². The van der Waals surface area contributed by atoms with E-state index < -0.39 is 0 Å². The number of hydrazine groups is 1. The molecule has 0 unspecified atom stereocenters. The van der Waals surface area contributed by atoms with Crippen LogP contribution in [0.15, 0.2) is 42.5 Å². The lowest BCUT2D eigenvalue weighted by Crippen LogP contribution is -2.46. The van der Waals surface area contributed by atoms with Crippen molar-refractivity contribution >= 4 is 34.3 Å². The van der Waals surface area contributed by atoms with Crippen molar-refractivity contribution in [3.05, 3.63) is 42.5 Å². The topological polar surface area (TPSA) is 81.8 Å². The highest BCUT2D eigenvalue weighted by atomic mass is 16.2. The molecular formula is C22H28N4O3. The molecule has 1 heterocycles. The molecule has 1 aliphatic heterocycles. The molecule has 7 nitrogen and oxygen atoms in total.